The molecule has 0 bridgehead atoms. The van der Waals surface area contributed by atoms with E-state index >= 15 is 0 Å². The molecule has 1 aromatic carbocycles. The molecule has 18 heavy (non-hydrogen) atoms. The van der Waals surface area contributed by atoms with Gasteiger partial charge in [0.25, 0.3) is 0 Å². The molecule has 0 saturated carbocycles. The molecule has 0 radical (unpaired) electrons. The van der Waals surface area contributed by atoms with Gasteiger partial charge in [0.15, 0.2) is 5.75 Å². The lowest BCUT2D eigenvalue weighted by atomic mass is 10.0. The number of fused-ring (bicyclic) bond motifs is 3. The zero-order valence-electron chi connectivity index (χ0n) is 8.88. The van der Waals surface area contributed by atoms with Crippen molar-refractivity contribution < 1.29 is 13.5 Å². The molecule has 1 aliphatic heterocycles. The van der Waals surface area contributed by atoms with E-state index in [1.807, 2.05) is 0 Å². The molecular weight excluding hydrogens is 285 g/mol. The van der Waals surface area contributed by atoms with Gasteiger partial charge in [-0.15, -0.1) is 0 Å². The first-order chi connectivity index (χ1) is 8.46. The highest BCUT2D eigenvalue weighted by atomic mass is 35.5. The van der Waals surface area contributed by atoms with Gasteiger partial charge < -0.3 is 4.74 Å². The van der Waals surface area contributed by atoms with Crippen molar-refractivity contribution in [3.63, 3.8) is 0 Å². The zero-order valence-corrected chi connectivity index (χ0v) is 10.4. The molecule has 7 heteroatoms. The Bertz CT molecular complexity index is 648. The second kappa shape index (κ2) is 3.90. The number of nitrogens with zero attached hydrogens (tertiary/aromatic N) is 2. The topological polar surface area (TPSA) is 35.0 Å². The molecule has 1 aliphatic rings. The van der Waals surface area contributed by atoms with E-state index in [1.54, 1.807) is 12.1 Å². The molecular formula is C11H6Cl2F2N2O. The Kier molecular flexibility index (Phi) is 2.57. The van der Waals surface area contributed by atoms with Gasteiger partial charge in [0.1, 0.15) is 10.7 Å². The summed E-state index contributed by atoms with van der Waals surface area (Å²) in [5.41, 5.74) is 0.885. The van der Waals surface area contributed by atoms with Gasteiger partial charge in [-0.2, -0.15) is 8.78 Å². The first-order valence-electron chi connectivity index (χ1n) is 5.18. The van der Waals surface area contributed by atoms with Gasteiger partial charge in [0.05, 0.1) is 6.42 Å². The normalized spacial score (nSPS) is 17.3. The number of benzene rings is 1. The van der Waals surface area contributed by atoms with Crippen LogP contribution in [0.15, 0.2) is 12.1 Å². The molecule has 0 unspecified atom stereocenters. The average Bonchev–Trinajstić information content (AvgIpc) is 2.28. The average molecular weight is 291 g/mol. The quantitative estimate of drug-likeness (QED) is 0.546. The number of aromatic nitrogens is 2. The second-order valence-electron chi connectivity index (χ2n) is 3.97. The highest BCUT2D eigenvalue weighted by Crippen LogP contribution is 2.40. The molecule has 0 N–H and O–H groups in total. The van der Waals surface area contributed by atoms with E-state index in [0.29, 0.717) is 10.9 Å². The number of alkyl halides is 2. The third-order valence-electron chi connectivity index (χ3n) is 2.77. The number of hydrogen-bond donors (Lipinski definition) is 0. The zero-order chi connectivity index (χ0) is 12.9. The van der Waals surface area contributed by atoms with Crippen LogP contribution < -0.4 is 4.74 Å². The molecule has 0 spiro atoms. The fraction of sp³-hybridized carbons (Fsp3) is 0.273. The van der Waals surface area contributed by atoms with E-state index in [2.05, 4.69) is 9.97 Å². The first-order valence-corrected chi connectivity index (χ1v) is 5.93. The van der Waals surface area contributed by atoms with Crippen LogP contribution in [0.5, 0.6) is 5.75 Å². The van der Waals surface area contributed by atoms with Crippen molar-refractivity contribution in [3.8, 4) is 5.75 Å². The minimum Gasteiger partial charge on any atom is -0.430 e. The maximum atomic E-state index is 13.3. The van der Waals surface area contributed by atoms with Gasteiger partial charge in [-0.1, -0.05) is 17.7 Å². The van der Waals surface area contributed by atoms with Crippen LogP contribution >= 0.6 is 23.2 Å². The summed E-state index contributed by atoms with van der Waals surface area (Å²) in [6.45, 7) is 0. The Hall–Kier alpha value is -1.20. The Labute approximate surface area is 111 Å². The number of rotatable bonds is 0. The van der Waals surface area contributed by atoms with Crippen molar-refractivity contribution >= 4 is 34.1 Å². The maximum absolute atomic E-state index is 13.3. The number of ether oxygens (including phenoxy) is 1. The molecule has 0 atom stereocenters. The van der Waals surface area contributed by atoms with Gasteiger partial charge in [0, 0.05) is 5.39 Å². The fourth-order valence-electron chi connectivity index (χ4n) is 1.94. The summed E-state index contributed by atoms with van der Waals surface area (Å²) in [5.74, 6) is 0.0370. The van der Waals surface area contributed by atoms with Crippen molar-refractivity contribution in [1.29, 1.82) is 0 Å². The largest absolute Gasteiger partial charge is 0.430 e. The summed E-state index contributed by atoms with van der Waals surface area (Å²) in [7, 11) is 0. The maximum Gasteiger partial charge on any atom is 0.398 e. The van der Waals surface area contributed by atoms with Crippen LogP contribution in [0.1, 0.15) is 12.0 Å². The minimum atomic E-state index is -3.19. The standard InChI is InChI=1S/C11H6Cl2F2N2O/c12-9-6-2-1-5-3-4-11(14,15)18-8(5)7(6)16-10(13)17-9/h1-2H,3-4H2. The van der Waals surface area contributed by atoms with Crippen molar-refractivity contribution in [2.75, 3.05) is 0 Å². The van der Waals surface area contributed by atoms with E-state index < -0.39 is 6.11 Å². The van der Waals surface area contributed by atoms with Crippen LogP contribution in [0.25, 0.3) is 10.9 Å². The number of aryl methyl sites for hydroxylation is 1. The molecule has 0 amide bonds. The van der Waals surface area contributed by atoms with E-state index in [4.69, 9.17) is 27.9 Å². The van der Waals surface area contributed by atoms with Gasteiger partial charge in [-0.25, -0.2) is 9.97 Å². The van der Waals surface area contributed by atoms with E-state index in [1.165, 1.54) is 0 Å². The Morgan fingerprint density at radius 3 is 2.78 bits per heavy atom. The van der Waals surface area contributed by atoms with Gasteiger partial charge in [0.2, 0.25) is 5.28 Å². The van der Waals surface area contributed by atoms with Crippen molar-refractivity contribution in [3.05, 3.63) is 28.1 Å². The van der Waals surface area contributed by atoms with Gasteiger partial charge >= 0.3 is 6.11 Å². The van der Waals surface area contributed by atoms with Gasteiger partial charge in [-0.05, 0) is 29.7 Å². The van der Waals surface area contributed by atoms with E-state index in [0.717, 1.165) is 0 Å². The molecule has 2 aromatic rings. The summed E-state index contributed by atoms with van der Waals surface area (Å²) in [6.07, 6.45) is -3.32. The summed E-state index contributed by atoms with van der Waals surface area (Å²) < 4.78 is 31.3. The molecule has 3 rings (SSSR count). The predicted molar refractivity (Wildman–Crippen MR) is 63.5 cm³/mol. The monoisotopic (exact) mass is 290 g/mol. The van der Waals surface area contributed by atoms with Crippen LogP contribution in [0, 0.1) is 0 Å². The van der Waals surface area contributed by atoms with E-state index in [-0.39, 0.29) is 34.5 Å². The van der Waals surface area contributed by atoms with Gasteiger partial charge in [-0.3, -0.25) is 0 Å². The number of halogens is 4. The third-order valence-corrected chi connectivity index (χ3v) is 3.22. The Balaban J connectivity index is 2.31. The first kappa shape index (κ1) is 11.9. The van der Waals surface area contributed by atoms with Crippen molar-refractivity contribution in [2.24, 2.45) is 0 Å². The SMILES string of the molecule is FC1(F)CCc2ccc3c(Cl)nc(Cl)nc3c2O1. The lowest BCUT2D eigenvalue weighted by Crippen LogP contribution is -2.29. The second-order valence-corrected chi connectivity index (χ2v) is 4.67. The third kappa shape index (κ3) is 1.87. The predicted octanol–water partition coefficient (Wildman–Crippen LogP) is 3.85. The molecule has 0 saturated heterocycles. The van der Waals surface area contributed by atoms with Crippen LogP contribution in [-0.2, 0) is 6.42 Å². The summed E-state index contributed by atoms with van der Waals surface area (Å²) in [5, 5.41) is 0.459. The molecule has 1 aromatic heterocycles. The number of hydrogen-bond acceptors (Lipinski definition) is 3. The lowest BCUT2D eigenvalue weighted by Gasteiger charge is -2.25. The summed E-state index contributed by atoms with van der Waals surface area (Å²) >= 11 is 11.6. The molecule has 3 nitrogen and oxygen atoms in total. The molecule has 2 heterocycles. The molecule has 94 valence electrons. The highest BCUT2D eigenvalue weighted by Gasteiger charge is 2.37. The smallest absolute Gasteiger partial charge is 0.398 e. The van der Waals surface area contributed by atoms with E-state index in [9.17, 15) is 8.78 Å². The van der Waals surface area contributed by atoms with Crippen molar-refractivity contribution in [2.45, 2.75) is 19.0 Å². The molecule has 0 aliphatic carbocycles. The van der Waals surface area contributed by atoms with Crippen molar-refractivity contribution in [1.82, 2.24) is 9.97 Å². The van der Waals surface area contributed by atoms with Crippen LogP contribution in [-0.4, -0.2) is 16.1 Å². The van der Waals surface area contributed by atoms with Crippen LogP contribution in [0.4, 0.5) is 8.78 Å². The van der Waals surface area contributed by atoms with Crippen LogP contribution in [0.2, 0.25) is 10.4 Å². The lowest BCUT2D eigenvalue weighted by molar-refractivity contribution is -0.186. The van der Waals surface area contributed by atoms with Crippen LogP contribution in [0.3, 0.4) is 0 Å². The fourth-order valence-corrected chi connectivity index (χ4v) is 2.39. The Morgan fingerprint density at radius 1 is 1.22 bits per heavy atom. The summed E-state index contributed by atoms with van der Waals surface area (Å²) in [6, 6.07) is 3.37. The summed E-state index contributed by atoms with van der Waals surface area (Å²) in [4.78, 5) is 7.69. The molecule has 0 fully saturated rings. The Morgan fingerprint density at radius 2 is 2.00 bits per heavy atom. The minimum absolute atomic E-state index is 0.0370. The highest BCUT2D eigenvalue weighted by molar-refractivity contribution is 6.35.